The molecule has 2 aliphatic heterocycles. The van der Waals surface area contributed by atoms with E-state index in [0.717, 1.165) is 18.5 Å². The van der Waals surface area contributed by atoms with Crippen molar-refractivity contribution in [3.8, 4) is 0 Å². The third-order valence-electron chi connectivity index (χ3n) is 3.85. The standard InChI is InChI=1S/C14H16N2O2/c1-9-2-4-10(5-3-9)14(18)16-7-6-11-12(16)8-13(17)15-11/h2-5,11-12H,6-8H2,1H3,(H,15,17). The number of carbonyl (C=O) groups excluding carboxylic acids is 2. The van der Waals surface area contributed by atoms with E-state index in [2.05, 4.69) is 5.32 Å². The van der Waals surface area contributed by atoms with Gasteiger partial charge in [-0.3, -0.25) is 9.59 Å². The Morgan fingerprint density at radius 2 is 2.06 bits per heavy atom. The number of amides is 2. The SMILES string of the molecule is Cc1ccc(C(=O)N2CCC3NC(=O)CC32)cc1. The summed E-state index contributed by atoms with van der Waals surface area (Å²) < 4.78 is 0. The fourth-order valence-corrected chi connectivity index (χ4v) is 2.84. The highest BCUT2D eigenvalue weighted by molar-refractivity contribution is 5.95. The average molecular weight is 244 g/mol. The Hall–Kier alpha value is -1.84. The van der Waals surface area contributed by atoms with Gasteiger partial charge in [-0.25, -0.2) is 0 Å². The van der Waals surface area contributed by atoms with E-state index in [0.29, 0.717) is 12.0 Å². The van der Waals surface area contributed by atoms with Crippen LogP contribution < -0.4 is 5.32 Å². The number of nitrogens with one attached hydrogen (secondary N) is 1. The summed E-state index contributed by atoms with van der Waals surface area (Å²) in [7, 11) is 0. The molecule has 2 atom stereocenters. The molecule has 2 unspecified atom stereocenters. The van der Waals surface area contributed by atoms with Gasteiger partial charge in [0.25, 0.3) is 5.91 Å². The van der Waals surface area contributed by atoms with Crippen LogP contribution >= 0.6 is 0 Å². The monoisotopic (exact) mass is 244 g/mol. The summed E-state index contributed by atoms with van der Waals surface area (Å²) in [5.41, 5.74) is 1.85. The lowest BCUT2D eigenvalue weighted by atomic mass is 10.1. The summed E-state index contributed by atoms with van der Waals surface area (Å²) in [6.07, 6.45) is 1.32. The summed E-state index contributed by atoms with van der Waals surface area (Å²) in [5, 5.41) is 2.93. The Morgan fingerprint density at radius 3 is 2.78 bits per heavy atom. The molecule has 0 radical (unpaired) electrons. The van der Waals surface area contributed by atoms with Crippen molar-refractivity contribution in [2.45, 2.75) is 31.8 Å². The van der Waals surface area contributed by atoms with Crippen LogP contribution in [0.4, 0.5) is 0 Å². The van der Waals surface area contributed by atoms with Gasteiger partial charge in [-0.2, -0.15) is 0 Å². The van der Waals surface area contributed by atoms with Gasteiger partial charge in [-0.05, 0) is 25.5 Å². The molecule has 0 spiro atoms. The third kappa shape index (κ3) is 1.78. The molecule has 4 heteroatoms. The van der Waals surface area contributed by atoms with E-state index in [4.69, 9.17) is 0 Å². The van der Waals surface area contributed by atoms with Gasteiger partial charge in [0.15, 0.2) is 0 Å². The van der Waals surface area contributed by atoms with Crippen LogP contribution in [-0.4, -0.2) is 35.3 Å². The lowest BCUT2D eigenvalue weighted by Gasteiger charge is -2.22. The number of likely N-dealkylation sites (tertiary alicyclic amines) is 1. The van der Waals surface area contributed by atoms with Crippen molar-refractivity contribution in [1.29, 1.82) is 0 Å². The van der Waals surface area contributed by atoms with E-state index in [1.807, 2.05) is 36.1 Å². The molecule has 0 saturated carbocycles. The topological polar surface area (TPSA) is 49.4 Å². The maximum absolute atomic E-state index is 12.4. The van der Waals surface area contributed by atoms with Gasteiger partial charge in [0, 0.05) is 18.5 Å². The van der Waals surface area contributed by atoms with Crippen molar-refractivity contribution in [2.75, 3.05) is 6.54 Å². The lowest BCUT2D eigenvalue weighted by molar-refractivity contribution is -0.119. The first kappa shape index (κ1) is 11.3. The number of benzene rings is 1. The van der Waals surface area contributed by atoms with E-state index in [9.17, 15) is 9.59 Å². The van der Waals surface area contributed by atoms with Crippen molar-refractivity contribution in [3.63, 3.8) is 0 Å². The normalized spacial score (nSPS) is 26.1. The molecule has 4 nitrogen and oxygen atoms in total. The Balaban J connectivity index is 1.81. The van der Waals surface area contributed by atoms with Crippen LogP contribution in [0.5, 0.6) is 0 Å². The quantitative estimate of drug-likeness (QED) is 0.804. The highest BCUT2D eigenvalue weighted by atomic mass is 16.2. The minimum Gasteiger partial charge on any atom is -0.351 e. The van der Waals surface area contributed by atoms with E-state index >= 15 is 0 Å². The van der Waals surface area contributed by atoms with Gasteiger partial charge in [0.1, 0.15) is 0 Å². The first-order chi connectivity index (χ1) is 8.65. The molecule has 2 amide bonds. The molecule has 2 aliphatic rings. The molecule has 0 bridgehead atoms. The predicted octanol–water partition coefficient (Wildman–Crippen LogP) is 1.10. The molecule has 1 N–H and O–H groups in total. The molecule has 2 heterocycles. The minimum atomic E-state index is 0.0407. The second kappa shape index (κ2) is 4.12. The molecule has 3 rings (SSSR count). The first-order valence-corrected chi connectivity index (χ1v) is 6.32. The Labute approximate surface area is 106 Å². The molecule has 0 aliphatic carbocycles. The highest BCUT2D eigenvalue weighted by Gasteiger charge is 2.43. The summed E-state index contributed by atoms with van der Waals surface area (Å²) in [6.45, 7) is 2.74. The molecule has 0 aromatic heterocycles. The number of hydrogen-bond donors (Lipinski definition) is 1. The number of carbonyl (C=O) groups is 2. The molecule has 1 aromatic carbocycles. The second-order valence-electron chi connectivity index (χ2n) is 5.10. The molecule has 94 valence electrons. The zero-order valence-electron chi connectivity index (χ0n) is 10.3. The molecule has 2 fully saturated rings. The fourth-order valence-electron chi connectivity index (χ4n) is 2.84. The number of fused-ring (bicyclic) bond motifs is 1. The lowest BCUT2D eigenvalue weighted by Crippen LogP contribution is -2.38. The summed E-state index contributed by atoms with van der Waals surface area (Å²) in [4.78, 5) is 25.6. The molecular formula is C14H16N2O2. The smallest absolute Gasteiger partial charge is 0.254 e. The second-order valence-corrected chi connectivity index (χ2v) is 5.10. The van der Waals surface area contributed by atoms with Crippen molar-refractivity contribution < 1.29 is 9.59 Å². The van der Waals surface area contributed by atoms with Crippen LogP contribution in [0.15, 0.2) is 24.3 Å². The van der Waals surface area contributed by atoms with E-state index in [-0.39, 0.29) is 23.9 Å². The van der Waals surface area contributed by atoms with Crippen molar-refractivity contribution in [1.82, 2.24) is 10.2 Å². The molecule has 18 heavy (non-hydrogen) atoms. The van der Waals surface area contributed by atoms with Crippen LogP contribution in [0, 0.1) is 6.92 Å². The van der Waals surface area contributed by atoms with E-state index in [1.165, 1.54) is 0 Å². The Bertz CT molecular complexity index is 495. The summed E-state index contributed by atoms with van der Waals surface area (Å²) >= 11 is 0. The maximum atomic E-state index is 12.4. The van der Waals surface area contributed by atoms with Gasteiger partial charge in [0.05, 0.1) is 12.1 Å². The van der Waals surface area contributed by atoms with Crippen molar-refractivity contribution in [3.05, 3.63) is 35.4 Å². The Morgan fingerprint density at radius 1 is 1.33 bits per heavy atom. The number of aryl methyl sites for hydroxylation is 1. The predicted molar refractivity (Wildman–Crippen MR) is 67.2 cm³/mol. The molecular weight excluding hydrogens is 228 g/mol. The van der Waals surface area contributed by atoms with Gasteiger partial charge in [0.2, 0.25) is 5.91 Å². The van der Waals surface area contributed by atoms with Crippen LogP contribution in [0.2, 0.25) is 0 Å². The summed E-state index contributed by atoms with van der Waals surface area (Å²) in [6, 6.07) is 7.81. The zero-order valence-corrected chi connectivity index (χ0v) is 10.3. The fraction of sp³-hybridized carbons (Fsp3) is 0.429. The summed E-state index contributed by atoms with van der Waals surface area (Å²) in [5.74, 6) is 0.102. The van der Waals surface area contributed by atoms with E-state index in [1.54, 1.807) is 0 Å². The van der Waals surface area contributed by atoms with Gasteiger partial charge in [-0.1, -0.05) is 17.7 Å². The van der Waals surface area contributed by atoms with Crippen LogP contribution in [0.1, 0.15) is 28.8 Å². The van der Waals surface area contributed by atoms with Crippen molar-refractivity contribution >= 4 is 11.8 Å². The van der Waals surface area contributed by atoms with Gasteiger partial charge >= 0.3 is 0 Å². The maximum Gasteiger partial charge on any atom is 0.254 e. The number of nitrogens with zero attached hydrogens (tertiary/aromatic N) is 1. The van der Waals surface area contributed by atoms with Gasteiger partial charge < -0.3 is 10.2 Å². The number of rotatable bonds is 1. The Kier molecular flexibility index (Phi) is 2.58. The largest absolute Gasteiger partial charge is 0.351 e. The van der Waals surface area contributed by atoms with Crippen LogP contribution in [-0.2, 0) is 4.79 Å². The van der Waals surface area contributed by atoms with Crippen molar-refractivity contribution in [2.24, 2.45) is 0 Å². The van der Waals surface area contributed by atoms with Gasteiger partial charge in [-0.15, -0.1) is 0 Å². The van der Waals surface area contributed by atoms with Crippen LogP contribution in [0.3, 0.4) is 0 Å². The first-order valence-electron chi connectivity index (χ1n) is 6.32. The van der Waals surface area contributed by atoms with E-state index < -0.39 is 0 Å². The zero-order chi connectivity index (χ0) is 12.7. The third-order valence-corrected chi connectivity index (χ3v) is 3.85. The minimum absolute atomic E-state index is 0.0407. The molecule has 1 aromatic rings. The van der Waals surface area contributed by atoms with Crippen LogP contribution in [0.25, 0.3) is 0 Å². The molecule has 2 saturated heterocycles. The average Bonchev–Trinajstić information content (AvgIpc) is 2.88. The highest BCUT2D eigenvalue weighted by Crippen LogP contribution is 2.27. The number of hydrogen-bond acceptors (Lipinski definition) is 2.